The van der Waals surface area contributed by atoms with E-state index in [0.717, 1.165) is 12.5 Å². The van der Waals surface area contributed by atoms with Crippen molar-refractivity contribution in [1.29, 1.82) is 0 Å². The highest BCUT2D eigenvalue weighted by Gasteiger charge is 2.38. The topological polar surface area (TPSA) is 68.2 Å². The van der Waals surface area contributed by atoms with Gasteiger partial charge in [-0.2, -0.15) is 0 Å². The molecule has 1 aromatic carbocycles. The number of aliphatic hydroxyl groups is 2. The molecule has 3 unspecified atom stereocenters. The highest BCUT2D eigenvalue weighted by atomic mass is 28.4. The first-order valence-corrected chi connectivity index (χ1v) is 14.2. The minimum Gasteiger partial charge on any atom is -0.432 e. The fourth-order valence-electron chi connectivity index (χ4n) is 2.53. The van der Waals surface area contributed by atoms with Gasteiger partial charge in [-0.3, -0.25) is 0 Å². The van der Waals surface area contributed by atoms with Crippen LogP contribution >= 0.6 is 0 Å². The van der Waals surface area contributed by atoms with Gasteiger partial charge in [0, 0.05) is 13.7 Å². The smallest absolute Gasteiger partial charge is 0.324 e. The second kappa shape index (κ2) is 9.41. The van der Waals surface area contributed by atoms with Gasteiger partial charge in [-0.15, -0.1) is 0 Å². The predicted molar refractivity (Wildman–Crippen MR) is 106 cm³/mol. The van der Waals surface area contributed by atoms with Crippen LogP contribution in [0.25, 0.3) is 0 Å². The van der Waals surface area contributed by atoms with E-state index in [1.54, 1.807) is 21.0 Å². The summed E-state index contributed by atoms with van der Waals surface area (Å²) in [7, 11) is -2.59. The van der Waals surface area contributed by atoms with Crippen molar-refractivity contribution in [2.24, 2.45) is 0 Å². The monoisotopic (exact) mass is 386 g/mol. The van der Waals surface area contributed by atoms with E-state index in [1.165, 1.54) is 5.19 Å². The van der Waals surface area contributed by atoms with Gasteiger partial charge in [0.2, 0.25) is 8.32 Å². The molecule has 1 aromatic rings. The van der Waals surface area contributed by atoms with Gasteiger partial charge >= 0.3 is 8.56 Å². The molecule has 0 heterocycles. The van der Waals surface area contributed by atoms with Crippen molar-refractivity contribution in [3.05, 3.63) is 30.3 Å². The molecule has 0 saturated carbocycles. The maximum Gasteiger partial charge on any atom is 0.324 e. The molecule has 5 nitrogen and oxygen atoms in total. The molecule has 0 fully saturated rings. The minimum absolute atomic E-state index is 0.112. The molecule has 0 saturated heterocycles. The van der Waals surface area contributed by atoms with E-state index in [1.807, 2.05) is 18.2 Å². The van der Waals surface area contributed by atoms with Crippen LogP contribution in [0, 0.1) is 0 Å². The Labute approximate surface area is 154 Å². The SMILES string of the molecule is CO[Si](C)(CCCOCC(C)(O)C(C)O)O[Si](C)(C)c1ccccc1. The standard InChI is InChI=1S/C18H34O5Si2/c1-16(19)18(2,20)15-22-13-10-14-25(6,21-3)23-24(4,5)17-11-8-7-9-12-17/h7-9,11-12,16,19-20H,10,13-15H2,1-6H3. The number of hydrogen-bond donors (Lipinski definition) is 2. The molecule has 3 atom stereocenters. The van der Waals surface area contributed by atoms with Gasteiger partial charge in [0.25, 0.3) is 0 Å². The Morgan fingerprint density at radius 2 is 1.76 bits per heavy atom. The van der Waals surface area contributed by atoms with E-state index < -0.39 is 28.6 Å². The number of ether oxygens (including phenoxy) is 1. The van der Waals surface area contributed by atoms with Crippen LogP contribution in [-0.2, 0) is 13.3 Å². The summed E-state index contributed by atoms with van der Waals surface area (Å²) < 4.78 is 17.9. The minimum atomic E-state index is -2.29. The van der Waals surface area contributed by atoms with Gasteiger partial charge in [0.1, 0.15) is 5.60 Å². The Morgan fingerprint density at radius 3 is 2.28 bits per heavy atom. The lowest BCUT2D eigenvalue weighted by atomic mass is 10.0. The van der Waals surface area contributed by atoms with Gasteiger partial charge in [-0.25, -0.2) is 0 Å². The van der Waals surface area contributed by atoms with Crippen LogP contribution in [-0.4, -0.2) is 59.1 Å². The van der Waals surface area contributed by atoms with Gasteiger partial charge in [-0.1, -0.05) is 30.3 Å². The van der Waals surface area contributed by atoms with Gasteiger partial charge < -0.3 is 23.5 Å². The Balaban J connectivity index is 2.51. The van der Waals surface area contributed by atoms with Crippen LogP contribution < -0.4 is 5.19 Å². The van der Waals surface area contributed by atoms with Gasteiger partial charge in [0.15, 0.2) is 0 Å². The third-order valence-corrected chi connectivity index (χ3v) is 12.2. The Kier molecular flexibility index (Phi) is 8.46. The largest absolute Gasteiger partial charge is 0.432 e. The molecule has 0 spiro atoms. The van der Waals surface area contributed by atoms with Crippen molar-refractivity contribution < 1.29 is 23.5 Å². The average Bonchev–Trinajstić information content (AvgIpc) is 2.54. The zero-order valence-electron chi connectivity index (χ0n) is 16.4. The van der Waals surface area contributed by atoms with Crippen molar-refractivity contribution in [3.63, 3.8) is 0 Å². The van der Waals surface area contributed by atoms with E-state index in [2.05, 4.69) is 31.8 Å². The maximum atomic E-state index is 9.97. The molecule has 0 aromatic heterocycles. The van der Waals surface area contributed by atoms with E-state index in [-0.39, 0.29) is 6.61 Å². The summed E-state index contributed by atoms with van der Waals surface area (Å²) in [4.78, 5) is 0. The van der Waals surface area contributed by atoms with E-state index >= 15 is 0 Å². The molecule has 144 valence electrons. The van der Waals surface area contributed by atoms with Gasteiger partial charge in [-0.05, 0) is 51.1 Å². The number of aliphatic hydroxyl groups excluding tert-OH is 1. The number of hydrogen-bond acceptors (Lipinski definition) is 5. The van der Waals surface area contributed by atoms with E-state index in [9.17, 15) is 10.2 Å². The molecule has 1 rings (SSSR count). The van der Waals surface area contributed by atoms with Crippen molar-refractivity contribution >= 4 is 22.1 Å². The third kappa shape index (κ3) is 7.30. The van der Waals surface area contributed by atoms with Crippen molar-refractivity contribution in [2.45, 2.75) is 57.7 Å². The molecule has 25 heavy (non-hydrogen) atoms. The zero-order chi connectivity index (χ0) is 19.1. The summed E-state index contributed by atoms with van der Waals surface area (Å²) in [5.41, 5.74) is -1.22. The molecule has 0 radical (unpaired) electrons. The summed E-state index contributed by atoms with van der Waals surface area (Å²) in [6, 6.07) is 11.2. The Hall–Kier alpha value is -0.546. The van der Waals surface area contributed by atoms with Crippen LogP contribution in [0.4, 0.5) is 0 Å². The molecule has 0 amide bonds. The molecular formula is C18H34O5Si2. The molecule has 0 bridgehead atoms. The first kappa shape index (κ1) is 22.5. The summed E-state index contributed by atoms with van der Waals surface area (Å²) in [5.74, 6) is 0. The molecule has 7 heteroatoms. The molecule has 0 aliphatic rings. The molecule has 0 aliphatic heterocycles. The number of benzene rings is 1. The molecular weight excluding hydrogens is 352 g/mol. The first-order chi connectivity index (χ1) is 11.5. The quantitative estimate of drug-likeness (QED) is 0.451. The molecule has 0 aliphatic carbocycles. The predicted octanol–water partition coefficient (Wildman–Crippen LogP) is 2.37. The Bertz CT molecular complexity index is 507. The fraction of sp³-hybridized carbons (Fsp3) is 0.667. The summed E-state index contributed by atoms with van der Waals surface area (Å²) >= 11 is 0. The lowest BCUT2D eigenvalue weighted by molar-refractivity contribution is -0.102. The van der Waals surface area contributed by atoms with Crippen molar-refractivity contribution in [2.75, 3.05) is 20.3 Å². The molecule has 2 N–H and O–H groups in total. The van der Waals surface area contributed by atoms with Crippen LogP contribution in [0.5, 0.6) is 0 Å². The Morgan fingerprint density at radius 1 is 1.16 bits per heavy atom. The fourth-order valence-corrected chi connectivity index (χ4v) is 10.0. The summed E-state index contributed by atoms with van der Waals surface area (Å²) in [6.07, 6.45) is -0.0294. The third-order valence-electron chi connectivity index (χ3n) is 4.59. The normalized spacial score (nSPS) is 18.4. The van der Waals surface area contributed by atoms with Crippen LogP contribution in [0.1, 0.15) is 20.3 Å². The first-order valence-electron chi connectivity index (χ1n) is 8.81. The van der Waals surface area contributed by atoms with Crippen LogP contribution in [0.2, 0.25) is 25.7 Å². The average molecular weight is 387 g/mol. The van der Waals surface area contributed by atoms with Crippen LogP contribution in [0.3, 0.4) is 0 Å². The van der Waals surface area contributed by atoms with Crippen LogP contribution in [0.15, 0.2) is 30.3 Å². The highest BCUT2D eigenvalue weighted by Crippen LogP contribution is 2.21. The highest BCUT2D eigenvalue weighted by molar-refractivity contribution is 6.91. The van der Waals surface area contributed by atoms with E-state index in [4.69, 9.17) is 13.3 Å². The van der Waals surface area contributed by atoms with Gasteiger partial charge in [0.05, 0.1) is 12.7 Å². The lowest BCUT2D eigenvalue weighted by Gasteiger charge is -2.35. The summed E-state index contributed by atoms with van der Waals surface area (Å²) in [5, 5.41) is 20.7. The number of rotatable bonds is 11. The second-order valence-electron chi connectivity index (χ2n) is 7.51. The zero-order valence-corrected chi connectivity index (χ0v) is 18.4. The summed E-state index contributed by atoms with van der Waals surface area (Å²) in [6.45, 7) is 10.2. The second-order valence-corrected chi connectivity index (χ2v) is 15.1. The van der Waals surface area contributed by atoms with Crippen molar-refractivity contribution in [1.82, 2.24) is 0 Å². The maximum absolute atomic E-state index is 9.97. The lowest BCUT2D eigenvalue weighted by Crippen LogP contribution is -2.54. The van der Waals surface area contributed by atoms with E-state index in [0.29, 0.717) is 6.61 Å². The van der Waals surface area contributed by atoms with Crippen molar-refractivity contribution in [3.8, 4) is 0 Å².